The first-order chi connectivity index (χ1) is 12.1. The van der Waals surface area contributed by atoms with Crippen LogP contribution in [0.25, 0.3) is 0 Å². The van der Waals surface area contributed by atoms with E-state index in [1.807, 2.05) is 11.0 Å². The molecule has 0 unspecified atom stereocenters. The number of fused-ring (bicyclic) bond motifs is 3. The van der Waals surface area contributed by atoms with E-state index < -0.39 is 0 Å². The Morgan fingerprint density at radius 3 is 2.64 bits per heavy atom. The second-order valence-corrected chi connectivity index (χ2v) is 7.12. The Kier molecular flexibility index (Phi) is 4.37. The number of urea groups is 1. The largest absolute Gasteiger partial charge is 0.341 e. The van der Waals surface area contributed by atoms with Crippen LogP contribution in [0.1, 0.15) is 31.2 Å². The van der Waals surface area contributed by atoms with Crippen molar-refractivity contribution in [3.8, 4) is 0 Å². The van der Waals surface area contributed by atoms with Gasteiger partial charge in [0.25, 0.3) is 0 Å². The fourth-order valence-electron chi connectivity index (χ4n) is 3.74. The molecule has 0 atom stereocenters. The van der Waals surface area contributed by atoms with Gasteiger partial charge < -0.3 is 4.90 Å². The minimum Gasteiger partial charge on any atom is -0.341 e. The van der Waals surface area contributed by atoms with Crippen LogP contribution in [0.5, 0.6) is 0 Å². The van der Waals surface area contributed by atoms with E-state index in [2.05, 4.69) is 4.99 Å². The number of anilines is 1. The Balaban J connectivity index is 1.63. The van der Waals surface area contributed by atoms with Gasteiger partial charge in [0.1, 0.15) is 12.4 Å². The van der Waals surface area contributed by atoms with Crippen LogP contribution in [0.4, 0.5) is 10.5 Å². The van der Waals surface area contributed by atoms with Gasteiger partial charge >= 0.3 is 6.03 Å². The fraction of sp³-hybridized carbons (Fsp3) is 0.500. The van der Waals surface area contributed by atoms with Crippen LogP contribution in [0.3, 0.4) is 0 Å². The number of likely N-dealkylation sites (tertiary alicyclic amines) is 1. The van der Waals surface area contributed by atoms with E-state index in [0.717, 1.165) is 31.5 Å². The van der Waals surface area contributed by atoms with Crippen molar-refractivity contribution in [2.75, 3.05) is 37.6 Å². The standard InChI is InChI=1S/C18H21ClN4O2/c19-13-5-6-14-15(11-13)23(18(25)22-10-7-20-17(14)22)12-16(24)21-8-3-1-2-4-9-21/h5-6,11H,1-4,7-10,12H2. The topological polar surface area (TPSA) is 56.2 Å². The number of aliphatic imine (C=N–C) groups is 1. The molecule has 0 aromatic heterocycles. The molecule has 0 spiro atoms. The normalized spacial score (nSPS) is 20.1. The zero-order valence-electron chi connectivity index (χ0n) is 14.1. The van der Waals surface area contributed by atoms with E-state index in [1.54, 1.807) is 21.9 Å². The van der Waals surface area contributed by atoms with Crippen molar-refractivity contribution in [3.63, 3.8) is 0 Å². The number of amides is 3. The average Bonchev–Trinajstić information content (AvgIpc) is 2.93. The first-order valence-electron chi connectivity index (χ1n) is 8.86. The smallest absolute Gasteiger partial charge is 0.330 e. The lowest BCUT2D eigenvalue weighted by atomic mass is 10.1. The molecule has 1 saturated heterocycles. The Hall–Kier alpha value is -2.08. The highest BCUT2D eigenvalue weighted by atomic mass is 35.5. The van der Waals surface area contributed by atoms with E-state index >= 15 is 0 Å². The molecule has 4 rings (SSSR count). The van der Waals surface area contributed by atoms with Crippen LogP contribution in [-0.2, 0) is 4.79 Å². The Morgan fingerprint density at radius 1 is 1.12 bits per heavy atom. The zero-order valence-corrected chi connectivity index (χ0v) is 14.8. The molecule has 0 bridgehead atoms. The van der Waals surface area contributed by atoms with E-state index in [0.29, 0.717) is 29.6 Å². The minimum atomic E-state index is -0.186. The molecule has 132 valence electrons. The monoisotopic (exact) mass is 360 g/mol. The highest BCUT2D eigenvalue weighted by Gasteiger charge is 2.38. The highest BCUT2D eigenvalue weighted by Crippen LogP contribution is 2.33. The second-order valence-electron chi connectivity index (χ2n) is 6.68. The van der Waals surface area contributed by atoms with Crippen LogP contribution in [-0.4, -0.2) is 60.3 Å². The molecule has 3 heterocycles. The summed E-state index contributed by atoms with van der Waals surface area (Å²) in [5.41, 5.74) is 1.54. The third-order valence-electron chi connectivity index (χ3n) is 5.05. The molecule has 0 radical (unpaired) electrons. The van der Waals surface area contributed by atoms with Crippen molar-refractivity contribution in [1.82, 2.24) is 9.80 Å². The molecular formula is C18H21ClN4O2. The Bertz CT molecular complexity index is 741. The van der Waals surface area contributed by atoms with Crippen molar-refractivity contribution in [2.45, 2.75) is 25.7 Å². The van der Waals surface area contributed by atoms with Gasteiger partial charge in [0, 0.05) is 30.2 Å². The number of carbonyl (C=O) groups is 2. The van der Waals surface area contributed by atoms with Gasteiger partial charge in [-0.3, -0.25) is 19.6 Å². The molecule has 25 heavy (non-hydrogen) atoms. The summed E-state index contributed by atoms with van der Waals surface area (Å²) in [5, 5.41) is 0.547. The van der Waals surface area contributed by atoms with Crippen LogP contribution in [0, 0.1) is 0 Å². The number of hydrogen-bond donors (Lipinski definition) is 0. The summed E-state index contributed by atoms with van der Waals surface area (Å²) in [6.45, 7) is 2.76. The number of rotatable bonds is 2. The Labute approximate surface area is 152 Å². The summed E-state index contributed by atoms with van der Waals surface area (Å²) in [7, 11) is 0. The van der Waals surface area contributed by atoms with Crippen LogP contribution >= 0.6 is 11.6 Å². The molecule has 6 nitrogen and oxygen atoms in total. The summed E-state index contributed by atoms with van der Waals surface area (Å²) < 4.78 is 0. The number of nitrogens with zero attached hydrogens (tertiary/aromatic N) is 4. The number of amidine groups is 1. The first kappa shape index (κ1) is 16.4. The zero-order chi connectivity index (χ0) is 17.4. The number of benzene rings is 1. The molecule has 3 aliphatic heterocycles. The average molecular weight is 361 g/mol. The quantitative estimate of drug-likeness (QED) is 0.814. The summed E-state index contributed by atoms with van der Waals surface area (Å²) in [5.74, 6) is 0.691. The predicted octanol–water partition coefficient (Wildman–Crippen LogP) is 2.74. The van der Waals surface area contributed by atoms with Crippen LogP contribution in [0.2, 0.25) is 5.02 Å². The minimum absolute atomic E-state index is 0.000705. The molecule has 1 aromatic rings. The van der Waals surface area contributed by atoms with Gasteiger partial charge in [0.15, 0.2) is 0 Å². The van der Waals surface area contributed by atoms with Crippen molar-refractivity contribution in [1.29, 1.82) is 0 Å². The van der Waals surface area contributed by atoms with Crippen molar-refractivity contribution >= 4 is 35.1 Å². The second kappa shape index (κ2) is 6.67. The molecule has 7 heteroatoms. The van der Waals surface area contributed by atoms with Crippen LogP contribution < -0.4 is 4.90 Å². The summed E-state index contributed by atoms with van der Waals surface area (Å²) >= 11 is 6.15. The molecule has 1 aromatic carbocycles. The Morgan fingerprint density at radius 2 is 1.88 bits per heavy atom. The van der Waals surface area contributed by atoms with Crippen molar-refractivity contribution in [3.05, 3.63) is 28.8 Å². The third-order valence-corrected chi connectivity index (χ3v) is 5.28. The fourth-order valence-corrected chi connectivity index (χ4v) is 3.90. The van der Waals surface area contributed by atoms with Gasteiger partial charge in [-0.25, -0.2) is 4.79 Å². The molecule has 0 aliphatic carbocycles. The van der Waals surface area contributed by atoms with Gasteiger partial charge in [0.2, 0.25) is 5.91 Å². The number of halogens is 1. The lowest BCUT2D eigenvalue weighted by Gasteiger charge is -2.36. The van der Waals surface area contributed by atoms with E-state index in [9.17, 15) is 9.59 Å². The summed E-state index contributed by atoms with van der Waals surface area (Å²) in [6.07, 6.45) is 4.40. The number of hydrogen-bond acceptors (Lipinski definition) is 3. The SMILES string of the molecule is O=C(CN1C(=O)N2CCN=C2c2ccc(Cl)cc21)N1CCCCCC1. The van der Waals surface area contributed by atoms with Crippen LogP contribution in [0.15, 0.2) is 23.2 Å². The lowest BCUT2D eigenvalue weighted by Crippen LogP contribution is -2.53. The van der Waals surface area contributed by atoms with E-state index in [1.165, 1.54) is 12.8 Å². The molecule has 1 fully saturated rings. The van der Waals surface area contributed by atoms with Gasteiger partial charge in [-0.15, -0.1) is 0 Å². The highest BCUT2D eigenvalue weighted by molar-refractivity contribution is 6.31. The maximum atomic E-state index is 12.9. The van der Waals surface area contributed by atoms with Crippen molar-refractivity contribution in [2.24, 2.45) is 4.99 Å². The van der Waals surface area contributed by atoms with Crippen molar-refractivity contribution < 1.29 is 9.59 Å². The third kappa shape index (κ3) is 2.99. The van der Waals surface area contributed by atoms with Gasteiger partial charge in [-0.1, -0.05) is 24.4 Å². The van der Waals surface area contributed by atoms with E-state index in [-0.39, 0.29) is 18.5 Å². The molecule has 0 N–H and O–H groups in total. The first-order valence-corrected chi connectivity index (χ1v) is 9.24. The van der Waals surface area contributed by atoms with Gasteiger partial charge in [0.05, 0.1) is 12.2 Å². The summed E-state index contributed by atoms with van der Waals surface area (Å²) in [6, 6.07) is 5.24. The lowest BCUT2D eigenvalue weighted by molar-refractivity contribution is -0.129. The molecule has 0 saturated carbocycles. The predicted molar refractivity (Wildman–Crippen MR) is 97.4 cm³/mol. The molecule has 3 aliphatic rings. The maximum Gasteiger partial charge on any atom is 0.330 e. The molecule has 3 amide bonds. The molecular weight excluding hydrogens is 340 g/mol. The number of carbonyl (C=O) groups excluding carboxylic acids is 2. The van der Waals surface area contributed by atoms with E-state index in [4.69, 9.17) is 11.6 Å². The summed E-state index contributed by atoms with van der Waals surface area (Å²) in [4.78, 5) is 35.3. The van der Waals surface area contributed by atoms with Gasteiger partial charge in [-0.2, -0.15) is 0 Å². The maximum absolute atomic E-state index is 12.9. The van der Waals surface area contributed by atoms with Gasteiger partial charge in [-0.05, 0) is 31.0 Å².